The Kier molecular flexibility index (Phi) is 8.73. The smallest absolute Gasteiger partial charge is 0.234 e. The fraction of sp³-hybridized carbons (Fsp3) is 0.619. The number of aliphatic imine (C=N–C) groups is 1. The summed E-state index contributed by atoms with van der Waals surface area (Å²) in [6, 6.07) is 8.07. The maximum Gasteiger partial charge on any atom is 0.234 e. The minimum Gasteiger partial charge on any atom is -0.386 e. The van der Waals surface area contributed by atoms with Crippen molar-refractivity contribution in [2.24, 2.45) is 4.99 Å². The van der Waals surface area contributed by atoms with E-state index >= 15 is 0 Å². The summed E-state index contributed by atoms with van der Waals surface area (Å²) in [6.07, 6.45) is -0.615. The summed E-state index contributed by atoms with van der Waals surface area (Å²) in [5, 5.41) is 16.7. The van der Waals surface area contributed by atoms with Gasteiger partial charge in [-0.2, -0.15) is 0 Å². The molecule has 156 valence electrons. The van der Waals surface area contributed by atoms with E-state index in [0.29, 0.717) is 13.1 Å². The van der Waals surface area contributed by atoms with E-state index in [1.54, 1.807) is 0 Å². The highest BCUT2D eigenvalue weighted by atomic mass is 16.3. The normalized spacial score (nSPS) is 16.9. The van der Waals surface area contributed by atoms with Gasteiger partial charge in [-0.1, -0.05) is 29.8 Å². The Balaban J connectivity index is 1.88. The highest BCUT2D eigenvalue weighted by Gasteiger charge is 2.21. The number of aryl methyl sites for hydroxylation is 1. The van der Waals surface area contributed by atoms with Gasteiger partial charge in [0.2, 0.25) is 5.91 Å². The molecule has 3 N–H and O–H groups in total. The largest absolute Gasteiger partial charge is 0.386 e. The van der Waals surface area contributed by atoms with Gasteiger partial charge in [-0.15, -0.1) is 0 Å². The number of nitrogens with one attached hydrogen (secondary N) is 2. The van der Waals surface area contributed by atoms with Gasteiger partial charge in [-0.05, 0) is 33.3 Å². The molecule has 0 aliphatic carbocycles. The predicted molar refractivity (Wildman–Crippen MR) is 113 cm³/mol. The van der Waals surface area contributed by atoms with E-state index in [2.05, 4.69) is 25.4 Å². The number of nitrogens with zero attached hydrogens (tertiary/aromatic N) is 3. The molecule has 1 atom stereocenters. The molecule has 0 radical (unpaired) electrons. The number of aliphatic hydroxyl groups excluding tert-OH is 1. The van der Waals surface area contributed by atoms with Crippen LogP contribution in [-0.4, -0.2) is 78.6 Å². The number of hydrogen-bond donors (Lipinski definition) is 3. The average molecular weight is 390 g/mol. The zero-order valence-electron chi connectivity index (χ0n) is 17.6. The summed E-state index contributed by atoms with van der Waals surface area (Å²) in [4.78, 5) is 20.9. The van der Waals surface area contributed by atoms with Crippen LogP contribution in [-0.2, 0) is 4.79 Å². The highest BCUT2D eigenvalue weighted by molar-refractivity contribution is 5.80. The molecule has 28 heavy (non-hydrogen) atoms. The summed E-state index contributed by atoms with van der Waals surface area (Å²) in [6.45, 7) is 12.8. The van der Waals surface area contributed by atoms with Crippen molar-refractivity contribution in [3.8, 4) is 0 Å². The third-order valence-electron chi connectivity index (χ3n) is 4.70. The van der Waals surface area contributed by atoms with E-state index in [9.17, 15) is 9.90 Å². The second-order valence-corrected chi connectivity index (χ2v) is 7.61. The number of piperazine rings is 1. The highest BCUT2D eigenvalue weighted by Crippen LogP contribution is 2.14. The van der Waals surface area contributed by atoms with E-state index in [4.69, 9.17) is 0 Å². The van der Waals surface area contributed by atoms with Crippen LogP contribution in [0.2, 0.25) is 0 Å². The molecule has 1 unspecified atom stereocenters. The van der Waals surface area contributed by atoms with Gasteiger partial charge in [0.25, 0.3) is 0 Å². The summed E-state index contributed by atoms with van der Waals surface area (Å²) in [5.41, 5.74) is 2.05. The van der Waals surface area contributed by atoms with E-state index < -0.39 is 6.10 Å². The first-order chi connectivity index (χ1) is 13.4. The molecule has 1 aromatic carbocycles. The molecule has 0 spiro atoms. The number of guanidine groups is 1. The standard InChI is InChI=1S/C21H35N5O2/c1-5-22-21(23-14-19(27)18-8-6-17(4)7-9-18)26-12-10-25(11-13-26)15-20(28)24-16(2)3/h6-9,16,19,27H,5,10-15H2,1-4H3,(H,22,23)(H,24,28). The summed E-state index contributed by atoms with van der Waals surface area (Å²) >= 11 is 0. The average Bonchev–Trinajstić information content (AvgIpc) is 2.65. The Morgan fingerprint density at radius 1 is 1.18 bits per heavy atom. The van der Waals surface area contributed by atoms with Gasteiger partial charge in [0.1, 0.15) is 0 Å². The molecule has 2 rings (SSSR count). The number of aliphatic hydroxyl groups is 1. The first-order valence-corrected chi connectivity index (χ1v) is 10.2. The second-order valence-electron chi connectivity index (χ2n) is 7.61. The lowest BCUT2D eigenvalue weighted by Crippen LogP contribution is -2.54. The van der Waals surface area contributed by atoms with E-state index in [1.165, 1.54) is 5.56 Å². The molecular weight excluding hydrogens is 354 g/mol. The third-order valence-corrected chi connectivity index (χ3v) is 4.70. The van der Waals surface area contributed by atoms with Gasteiger partial charge >= 0.3 is 0 Å². The van der Waals surface area contributed by atoms with Gasteiger partial charge < -0.3 is 20.6 Å². The van der Waals surface area contributed by atoms with Crippen LogP contribution >= 0.6 is 0 Å². The van der Waals surface area contributed by atoms with Crippen molar-refractivity contribution in [3.63, 3.8) is 0 Å². The van der Waals surface area contributed by atoms with Crippen LogP contribution in [0.1, 0.15) is 38.0 Å². The topological polar surface area (TPSA) is 80.2 Å². The summed E-state index contributed by atoms with van der Waals surface area (Å²) in [7, 11) is 0. The molecule has 1 fully saturated rings. The quantitative estimate of drug-likeness (QED) is 0.481. The minimum absolute atomic E-state index is 0.0743. The monoisotopic (exact) mass is 389 g/mol. The lowest BCUT2D eigenvalue weighted by atomic mass is 10.1. The van der Waals surface area contributed by atoms with Crippen molar-refractivity contribution in [3.05, 3.63) is 35.4 Å². The minimum atomic E-state index is -0.615. The van der Waals surface area contributed by atoms with Gasteiger partial charge in [-0.25, -0.2) is 0 Å². The molecule has 1 saturated heterocycles. The van der Waals surface area contributed by atoms with Gasteiger partial charge in [0.15, 0.2) is 5.96 Å². The van der Waals surface area contributed by atoms with Crippen molar-refractivity contribution in [2.45, 2.75) is 39.8 Å². The first kappa shape index (κ1) is 22.2. The molecule has 0 saturated carbocycles. The number of benzene rings is 1. The molecule has 7 nitrogen and oxygen atoms in total. The Morgan fingerprint density at radius 2 is 1.82 bits per heavy atom. The Morgan fingerprint density at radius 3 is 2.39 bits per heavy atom. The zero-order chi connectivity index (χ0) is 20.5. The van der Waals surface area contributed by atoms with Crippen LogP contribution < -0.4 is 10.6 Å². The lowest BCUT2D eigenvalue weighted by molar-refractivity contribution is -0.123. The number of amides is 1. The van der Waals surface area contributed by atoms with Crippen LogP contribution in [0.25, 0.3) is 0 Å². The van der Waals surface area contributed by atoms with Crippen molar-refractivity contribution in [1.82, 2.24) is 20.4 Å². The van der Waals surface area contributed by atoms with Crippen molar-refractivity contribution in [2.75, 3.05) is 45.8 Å². The molecule has 1 aromatic rings. The Labute approximate surface area is 168 Å². The van der Waals surface area contributed by atoms with Crippen molar-refractivity contribution < 1.29 is 9.90 Å². The van der Waals surface area contributed by atoms with Crippen LogP contribution in [0.3, 0.4) is 0 Å². The number of rotatable bonds is 7. The second kappa shape index (κ2) is 11.0. The SMILES string of the molecule is CCNC(=NCC(O)c1ccc(C)cc1)N1CCN(CC(=O)NC(C)C)CC1. The van der Waals surface area contributed by atoms with Crippen molar-refractivity contribution >= 4 is 11.9 Å². The maximum atomic E-state index is 11.9. The van der Waals surface area contributed by atoms with E-state index in [0.717, 1.165) is 44.2 Å². The van der Waals surface area contributed by atoms with E-state index in [1.807, 2.05) is 52.0 Å². The molecule has 1 amide bonds. The van der Waals surface area contributed by atoms with Crippen molar-refractivity contribution in [1.29, 1.82) is 0 Å². The lowest BCUT2D eigenvalue weighted by Gasteiger charge is -2.36. The molecule has 1 heterocycles. The Hall–Kier alpha value is -2.12. The maximum absolute atomic E-state index is 11.9. The molecule has 0 aromatic heterocycles. The van der Waals surface area contributed by atoms with Gasteiger partial charge in [0, 0.05) is 38.8 Å². The summed E-state index contributed by atoms with van der Waals surface area (Å²) in [5.74, 6) is 0.894. The molecular formula is C21H35N5O2. The number of hydrogen-bond acceptors (Lipinski definition) is 4. The molecule has 1 aliphatic rings. The molecule has 7 heteroatoms. The van der Waals surface area contributed by atoms with Crippen LogP contribution in [0.4, 0.5) is 0 Å². The number of carbonyl (C=O) groups is 1. The van der Waals surface area contributed by atoms with Crippen LogP contribution in [0.5, 0.6) is 0 Å². The molecule has 1 aliphatic heterocycles. The summed E-state index contributed by atoms with van der Waals surface area (Å²) < 4.78 is 0. The fourth-order valence-corrected chi connectivity index (χ4v) is 3.18. The van der Waals surface area contributed by atoms with Crippen LogP contribution in [0, 0.1) is 6.92 Å². The van der Waals surface area contributed by atoms with Gasteiger partial charge in [-0.3, -0.25) is 14.7 Å². The van der Waals surface area contributed by atoms with E-state index in [-0.39, 0.29) is 11.9 Å². The number of carbonyl (C=O) groups excluding carboxylic acids is 1. The predicted octanol–water partition coefficient (Wildman–Crippen LogP) is 1.14. The first-order valence-electron chi connectivity index (χ1n) is 10.2. The Bertz CT molecular complexity index is 637. The third kappa shape index (κ3) is 7.13. The fourth-order valence-electron chi connectivity index (χ4n) is 3.18. The molecule has 0 bridgehead atoms. The van der Waals surface area contributed by atoms with Crippen LogP contribution in [0.15, 0.2) is 29.3 Å². The van der Waals surface area contributed by atoms with Gasteiger partial charge in [0.05, 0.1) is 19.2 Å². The zero-order valence-corrected chi connectivity index (χ0v) is 17.6.